The van der Waals surface area contributed by atoms with Gasteiger partial charge in [-0.25, -0.2) is 4.98 Å². The van der Waals surface area contributed by atoms with Crippen LogP contribution >= 0.6 is 15.9 Å². The number of methoxy groups -OCH3 is 1. The molecule has 1 N–H and O–H groups in total. The highest BCUT2D eigenvalue weighted by molar-refractivity contribution is 9.10. The van der Waals surface area contributed by atoms with E-state index in [2.05, 4.69) is 44.0 Å². The van der Waals surface area contributed by atoms with E-state index < -0.39 is 0 Å². The van der Waals surface area contributed by atoms with E-state index in [1.807, 2.05) is 0 Å². The second kappa shape index (κ2) is 7.08. The molecule has 1 saturated carbocycles. The molecule has 0 radical (unpaired) electrons. The predicted octanol–water partition coefficient (Wildman–Crippen LogP) is 4.27. The Kier molecular flexibility index (Phi) is 4.82. The van der Waals surface area contributed by atoms with Gasteiger partial charge in [0.25, 0.3) is 0 Å². The van der Waals surface area contributed by atoms with E-state index in [1.54, 1.807) is 7.11 Å². The zero-order valence-electron chi connectivity index (χ0n) is 14.5. The average Bonchev–Trinajstić information content (AvgIpc) is 3.00. The van der Waals surface area contributed by atoms with Gasteiger partial charge in [-0.05, 0) is 56.7 Å². The molecule has 5 nitrogen and oxygen atoms in total. The Hall–Kier alpha value is -1.40. The first-order chi connectivity index (χ1) is 12.2. The van der Waals surface area contributed by atoms with Crippen molar-refractivity contribution in [3.8, 4) is 0 Å². The number of hydrogen-bond acceptors (Lipinski definition) is 3. The fourth-order valence-electron chi connectivity index (χ4n) is 4.26. The van der Waals surface area contributed by atoms with E-state index in [9.17, 15) is 4.79 Å². The summed E-state index contributed by atoms with van der Waals surface area (Å²) in [6, 6.07) is 6.73. The first kappa shape index (κ1) is 17.0. The molecule has 4 rings (SSSR count). The third kappa shape index (κ3) is 3.34. The molecule has 2 aliphatic rings. The maximum atomic E-state index is 11.9. The number of carbonyl (C=O) groups is 1. The molecule has 1 aliphatic heterocycles. The molecule has 1 aromatic heterocycles. The van der Waals surface area contributed by atoms with Crippen LogP contribution in [0, 0.1) is 0 Å². The lowest BCUT2D eigenvalue weighted by molar-refractivity contribution is -0.123. The quantitative estimate of drug-likeness (QED) is 0.828. The first-order valence-electron chi connectivity index (χ1n) is 9.15. The second-order valence-corrected chi connectivity index (χ2v) is 8.07. The predicted molar refractivity (Wildman–Crippen MR) is 100 cm³/mol. The molecule has 25 heavy (non-hydrogen) atoms. The third-order valence-corrected chi connectivity index (χ3v) is 6.06. The van der Waals surface area contributed by atoms with Gasteiger partial charge < -0.3 is 14.6 Å². The zero-order valence-corrected chi connectivity index (χ0v) is 16.1. The van der Waals surface area contributed by atoms with Crippen molar-refractivity contribution in [3.63, 3.8) is 0 Å². The van der Waals surface area contributed by atoms with Crippen molar-refractivity contribution < 1.29 is 9.53 Å². The second-order valence-electron chi connectivity index (χ2n) is 7.15. The van der Waals surface area contributed by atoms with Crippen molar-refractivity contribution in [2.45, 2.75) is 63.1 Å². The summed E-state index contributed by atoms with van der Waals surface area (Å²) in [6.45, 7) is 0. The largest absolute Gasteiger partial charge is 0.381 e. The number of nitrogens with zero attached hydrogens (tertiary/aromatic N) is 2. The number of halogens is 1. The summed E-state index contributed by atoms with van der Waals surface area (Å²) in [6.07, 6.45) is 7.23. The van der Waals surface area contributed by atoms with E-state index in [0.717, 1.165) is 54.3 Å². The van der Waals surface area contributed by atoms with Gasteiger partial charge in [0, 0.05) is 24.0 Å². The molecule has 0 unspecified atom stereocenters. The summed E-state index contributed by atoms with van der Waals surface area (Å²) < 4.78 is 8.96. The maximum Gasteiger partial charge on any atom is 0.220 e. The monoisotopic (exact) mass is 405 g/mol. The summed E-state index contributed by atoms with van der Waals surface area (Å²) in [4.78, 5) is 16.8. The molecular weight excluding hydrogens is 382 g/mol. The molecule has 134 valence electrons. The number of hydrogen-bond donors (Lipinski definition) is 1. The van der Waals surface area contributed by atoms with Crippen LogP contribution < -0.4 is 5.32 Å². The minimum Gasteiger partial charge on any atom is -0.381 e. The molecule has 2 aromatic rings. The van der Waals surface area contributed by atoms with Gasteiger partial charge in [0.05, 0.1) is 23.2 Å². The molecule has 1 atom stereocenters. The molecule has 0 bridgehead atoms. The number of benzene rings is 1. The normalized spacial score (nSPS) is 27.4. The topological polar surface area (TPSA) is 56.1 Å². The van der Waals surface area contributed by atoms with Crippen LogP contribution in [0.3, 0.4) is 0 Å². The highest BCUT2D eigenvalue weighted by Crippen LogP contribution is 2.37. The molecule has 1 amide bonds. The van der Waals surface area contributed by atoms with Crippen LogP contribution in [0.25, 0.3) is 11.0 Å². The summed E-state index contributed by atoms with van der Waals surface area (Å²) in [5.74, 6) is 1.15. The van der Waals surface area contributed by atoms with E-state index >= 15 is 0 Å². The average molecular weight is 406 g/mol. The van der Waals surface area contributed by atoms with Crippen LogP contribution in [0.5, 0.6) is 0 Å². The van der Waals surface area contributed by atoms with E-state index in [0.29, 0.717) is 18.6 Å². The zero-order chi connectivity index (χ0) is 17.4. The fourth-order valence-corrected chi connectivity index (χ4v) is 4.61. The Morgan fingerprint density at radius 2 is 2.04 bits per heavy atom. The Bertz CT molecular complexity index is 780. The van der Waals surface area contributed by atoms with Crippen molar-refractivity contribution in [1.82, 2.24) is 14.9 Å². The summed E-state index contributed by atoms with van der Waals surface area (Å²) >= 11 is 3.55. The van der Waals surface area contributed by atoms with Crippen molar-refractivity contribution >= 4 is 32.9 Å². The number of rotatable bonds is 3. The van der Waals surface area contributed by atoms with E-state index in [4.69, 9.17) is 9.72 Å². The third-order valence-electron chi connectivity index (χ3n) is 5.56. The highest BCUT2D eigenvalue weighted by atomic mass is 79.9. The molecule has 1 saturated heterocycles. The van der Waals surface area contributed by atoms with Gasteiger partial charge in [-0.2, -0.15) is 0 Å². The SMILES string of the molecule is COC1CCC(n2c([C@H]3CCCC(=O)N3)nc3cc(Br)ccc32)CC1. The van der Waals surface area contributed by atoms with Gasteiger partial charge in [-0.3, -0.25) is 4.79 Å². The summed E-state index contributed by atoms with van der Waals surface area (Å²) in [5, 5.41) is 3.15. The van der Waals surface area contributed by atoms with Gasteiger partial charge in [-0.1, -0.05) is 15.9 Å². The Balaban J connectivity index is 1.74. The Morgan fingerprint density at radius 1 is 1.24 bits per heavy atom. The number of nitrogens with one attached hydrogen (secondary N) is 1. The minimum absolute atomic E-state index is 0.0209. The van der Waals surface area contributed by atoms with Crippen LogP contribution in [-0.2, 0) is 9.53 Å². The number of fused-ring (bicyclic) bond motifs is 1. The van der Waals surface area contributed by atoms with Gasteiger partial charge in [0.2, 0.25) is 5.91 Å². The van der Waals surface area contributed by atoms with Crippen molar-refractivity contribution in [2.75, 3.05) is 7.11 Å². The van der Waals surface area contributed by atoms with Gasteiger partial charge in [0.1, 0.15) is 5.82 Å². The molecule has 2 fully saturated rings. The smallest absolute Gasteiger partial charge is 0.220 e. The number of ether oxygens (including phenoxy) is 1. The minimum atomic E-state index is 0.0209. The summed E-state index contributed by atoms with van der Waals surface area (Å²) in [7, 11) is 1.80. The lowest BCUT2D eigenvalue weighted by Gasteiger charge is -2.32. The van der Waals surface area contributed by atoms with Crippen LogP contribution in [-0.4, -0.2) is 28.7 Å². The number of amides is 1. The Labute approximate surface area is 156 Å². The maximum absolute atomic E-state index is 11.9. The number of carbonyl (C=O) groups excluding carboxylic acids is 1. The lowest BCUT2D eigenvalue weighted by Crippen LogP contribution is -2.35. The lowest BCUT2D eigenvalue weighted by atomic mass is 9.92. The molecule has 1 aromatic carbocycles. The molecule has 6 heteroatoms. The fraction of sp³-hybridized carbons (Fsp3) is 0.579. The first-order valence-corrected chi connectivity index (χ1v) is 9.94. The van der Waals surface area contributed by atoms with Crippen molar-refractivity contribution in [2.24, 2.45) is 0 Å². The molecule has 2 heterocycles. The van der Waals surface area contributed by atoms with Gasteiger partial charge >= 0.3 is 0 Å². The standard InChI is InChI=1S/C19H24BrN3O2/c1-25-14-8-6-13(7-9-14)23-17-10-5-12(20)11-16(17)22-19(23)15-3-2-4-18(24)21-15/h5,10-11,13-15H,2-4,6-9H2,1H3,(H,21,24)/t13?,14?,15-/m1/s1. The van der Waals surface area contributed by atoms with Gasteiger partial charge in [0.15, 0.2) is 0 Å². The van der Waals surface area contributed by atoms with Crippen molar-refractivity contribution in [1.29, 1.82) is 0 Å². The highest BCUT2D eigenvalue weighted by Gasteiger charge is 2.30. The van der Waals surface area contributed by atoms with E-state index in [-0.39, 0.29) is 11.9 Å². The number of piperidine rings is 1. The van der Waals surface area contributed by atoms with Crippen LogP contribution in [0.4, 0.5) is 0 Å². The van der Waals surface area contributed by atoms with Crippen LogP contribution in [0.1, 0.15) is 62.9 Å². The van der Waals surface area contributed by atoms with Crippen molar-refractivity contribution in [3.05, 3.63) is 28.5 Å². The molecule has 0 spiro atoms. The Morgan fingerprint density at radius 3 is 2.76 bits per heavy atom. The number of aromatic nitrogens is 2. The number of imidazole rings is 1. The van der Waals surface area contributed by atoms with Crippen LogP contribution in [0.2, 0.25) is 0 Å². The summed E-state index contributed by atoms with van der Waals surface area (Å²) in [5.41, 5.74) is 2.16. The molecule has 1 aliphatic carbocycles. The van der Waals surface area contributed by atoms with E-state index in [1.165, 1.54) is 5.52 Å². The van der Waals surface area contributed by atoms with Gasteiger partial charge in [-0.15, -0.1) is 0 Å². The molecular formula is C19H24BrN3O2. The van der Waals surface area contributed by atoms with Crippen LogP contribution in [0.15, 0.2) is 22.7 Å².